The van der Waals surface area contributed by atoms with Crippen molar-refractivity contribution in [3.8, 4) is 0 Å². The zero-order valence-electron chi connectivity index (χ0n) is 16.2. The molecule has 0 fully saturated rings. The van der Waals surface area contributed by atoms with Crippen molar-refractivity contribution < 1.29 is 4.79 Å². The molecule has 1 N–H and O–H groups in total. The molecular formula is C25H21ClN2O. The van der Waals surface area contributed by atoms with Crippen LogP contribution in [0, 0.1) is 6.92 Å². The standard InChI is InChI=1S/C25H21ClN2O/c1-16-10-12-17(13-11-16)24-23-19(18-6-3-5-9-22(18)27-23)14-15-28(24)25(29)20-7-2-4-8-21(20)26/h2-13,24,27H,14-15H2,1H3/t24-/m1/s1. The van der Waals surface area contributed by atoms with E-state index in [2.05, 4.69) is 54.4 Å². The highest BCUT2D eigenvalue weighted by atomic mass is 35.5. The van der Waals surface area contributed by atoms with Gasteiger partial charge >= 0.3 is 0 Å². The lowest BCUT2D eigenvalue weighted by atomic mass is 9.91. The van der Waals surface area contributed by atoms with Gasteiger partial charge in [-0.2, -0.15) is 0 Å². The quantitative estimate of drug-likeness (QED) is 0.445. The molecule has 4 aromatic rings. The van der Waals surface area contributed by atoms with Crippen LogP contribution in [0.5, 0.6) is 0 Å². The number of fused-ring (bicyclic) bond motifs is 3. The van der Waals surface area contributed by atoms with Crippen LogP contribution in [0.4, 0.5) is 0 Å². The summed E-state index contributed by atoms with van der Waals surface area (Å²) in [6, 6.07) is 23.9. The van der Waals surface area contributed by atoms with E-state index in [4.69, 9.17) is 11.6 Å². The fourth-order valence-corrected chi connectivity index (χ4v) is 4.56. The lowest BCUT2D eigenvalue weighted by Gasteiger charge is -2.36. The van der Waals surface area contributed by atoms with Gasteiger partial charge in [0, 0.05) is 23.1 Å². The molecule has 1 aliphatic heterocycles. The monoisotopic (exact) mass is 400 g/mol. The van der Waals surface area contributed by atoms with Gasteiger partial charge in [0.2, 0.25) is 0 Å². The highest BCUT2D eigenvalue weighted by Gasteiger charge is 2.35. The Morgan fingerprint density at radius 3 is 2.52 bits per heavy atom. The van der Waals surface area contributed by atoms with Gasteiger partial charge in [-0.3, -0.25) is 4.79 Å². The molecule has 0 bridgehead atoms. The highest BCUT2D eigenvalue weighted by Crippen LogP contribution is 2.39. The number of para-hydroxylation sites is 1. The predicted molar refractivity (Wildman–Crippen MR) is 118 cm³/mol. The van der Waals surface area contributed by atoms with E-state index in [9.17, 15) is 4.79 Å². The summed E-state index contributed by atoms with van der Waals surface area (Å²) in [6.45, 7) is 2.73. The largest absolute Gasteiger partial charge is 0.356 e. The number of H-pyrrole nitrogens is 1. The van der Waals surface area contributed by atoms with E-state index in [0.29, 0.717) is 17.1 Å². The van der Waals surface area contributed by atoms with E-state index in [0.717, 1.165) is 23.2 Å². The third kappa shape index (κ3) is 3.02. The summed E-state index contributed by atoms with van der Waals surface area (Å²) in [4.78, 5) is 19.1. The summed E-state index contributed by atoms with van der Waals surface area (Å²) in [7, 11) is 0. The summed E-state index contributed by atoms with van der Waals surface area (Å²) in [6.07, 6.45) is 0.817. The molecule has 144 valence electrons. The summed E-state index contributed by atoms with van der Waals surface area (Å²) in [5.41, 5.74) is 6.36. The Balaban J connectivity index is 1.68. The third-order valence-corrected chi connectivity index (χ3v) is 6.12. The number of rotatable bonds is 2. The van der Waals surface area contributed by atoms with Crippen LogP contribution in [-0.4, -0.2) is 22.3 Å². The Morgan fingerprint density at radius 1 is 1.00 bits per heavy atom. The van der Waals surface area contributed by atoms with Gasteiger partial charge in [-0.25, -0.2) is 0 Å². The fraction of sp³-hybridized carbons (Fsp3) is 0.160. The number of benzene rings is 3. The van der Waals surface area contributed by atoms with E-state index >= 15 is 0 Å². The van der Waals surface area contributed by atoms with E-state index in [1.807, 2.05) is 23.1 Å². The molecule has 0 unspecified atom stereocenters. The highest BCUT2D eigenvalue weighted by molar-refractivity contribution is 6.33. The molecule has 29 heavy (non-hydrogen) atoms. The molecule has 1 amide bonds. The smallest absolute Gasteiger partial charge is 0.256 e. The maximum atomic E-state index is 13.5. The van der Waals surface area contributed by atoms with Gasteiger partial charge in [0.05, 0.1) is 16.6 Å². The van der Waals surface area contributed by atoms with Crippen molar-refractivity contribution in [2.24, 2.45) is 0 Å². The van der Waals surface area contributed by atoms with Crippen LogP contribution in [0.15, 0.2) is 72.8 Å². The number of aromatic nitrogens is 1. The lowest BCUT2D eigenvalue weighted by molar-refractivity contribution is 0.0692. The number of hydrogen-bond donors (Lipinski definition) is 1. The van der Waals surface area contributed by atoms with Crippen molar-refractivity contribution in [3.05, 3.63) is 106 Å². The molecule has 0 radical (unpaired) electrons. The van der Waals surface area contributed by atoms with Crippen LogP contribution in [0.25, 0.3) is 10.9 Å². The second-order valence-corrected chi connectivity index (χ2v) is 8.01. The molecule has 0 spiro atoms. The predicted octanol–water partition coefficient (Wildman–Crippen LogP) is 5.92. The second kappa shape index (κ2) is 7.09. The number of amides is 1. The number of aromatic amines is 1. The first kappa shape index (κ1) is 18.0. The average molecular weight is 401 g/mol. The molecule has 4 heteroatoms. The first-order valence-corrected chi connectivity index (χ1v) is 10.2. The molecule has 3 nitrogen and oxygen atoms in total. The van der Waals surface area contributed by atoms with E-state index in [-0.39, 0.29) is 11.9 Å². The van der Waals surface area contributed by atoms with Crippen LogP contribution in [0.3, 0.4) is 0 Å². The fourth-order valence-electron chi connectivity index (χ4n) is 4.34. The molecule has 0 aliphatic carbocycles. The van der Waals surface area contributed by atoms with E-state index in [1.165, 1.54) is 16.5 Å². The van der Waals surface area contributed by atoms with Gasteiger partial charge in [0.25, 0.3) is 5.91 Å². The van der Waals surface area contributed by atoms with Crippen molar-refractivity contribution in [1.82, 2.24) is 9.88 Å². The van der Waals surface area contributed by atoms with Crippen LogP contribution in [0.1, 0.15) is 38.8 Å². The van der Waals surface area contributed by atoms with Crippen molar-refractivity contribution in [2.75, 3.05) is 6.54 Å². The number of nitrogens with one attached hydrogen (secondary N) is 1. The van der Waals surface area contributed by atoms with Gasteiger partial charge in [-0.1, -0.05) is 71.8 Å². The summed E-state index contributed by atoms with van der Waals surface area (Å²) in [5.74, 6) is -0.0366. The van der Waals surface area contributed by atoms with Crippen LogP contribution < -0.4 is 0 Å². The zero-order chi connectivity index (χ0) is 20.0. The van der Waals surface area contributed by atoms with E-state index in [1.54, 1.807) is 12.1 Å². The molecule has 3 aromatic carbocycles. The molecule has 2 heterocycles. The zero-order valence-corrected chi connectivity index (χ0v) is 16.9. The van der Waals surface area contributed by atoms with Crippen molar-refractivity contribution >= 4 is 28.4 Å². The first-order chi connectivity index (χ1) is 14.1. The van der Waals surface area contributed by atoms with Crippen LogP contribution >= 0.6 is 11.6 Å². The van der Waals surface area contributed by atoms with Crippen molar-refractivity contribution in [1.29, 1.82) is 0 Å². The minimum atomic E-state index is -0.171. The second-order valence-electron chi connectivity index (χ2n) is 7.60. The van der Waals surface area contributed by atoms with Crippen molar-refractivity contribution in [3.63, 3.8) is 0 Å². The number of halogens is 1. The van der Waals surface area contributed by atoms with Crippen molar-refractivity contribution in [2.45, 2.75) is 19.4 Å². The summed E-state index contributed by atoms with van der Waals surface area (Å²) < 4.78 is 0. The van der Waals surface area contributed by atoms with Gasteiger partial charge in [0.15, 0.2) is 0 Å². The third-order valence-electron chi connectivity index (χ3n) is 5.79. The number of hydrogen-bond acceptors (Lipinski definition) is 1. The Labute approximate surface area is 174 Å². The Hall–Kier alpha value is -3.04. The molecular weight excluding hydrogens is 380 g/mol. The average Bonchev–Trinajstić information content (AvgIpc) is 3.12. The SMILES string of the molecule is Cc1ccc([C@@H]2c3[nH]c4ccccc4c3CCN2C(=O)c2ccccc2Cl)cc1. The minimum absolute atomic E-state index is 0.0366. The Morgan fingerprint density at radius 2 is 1.72 bits per heavy atom. The summed E-state index contributed by atoms with van der Waals surface area (Å²) in [5, 5.41) is 1.73. The maximum absolute atomic E-state index is 13.5. The van der Waals surface area contributed by atoms with E-state index < -0.39 is 0 Å². The van der Waals surface area contributed by atoms with Crippen LogP contribution in [0.2, 0.25) is 5.02 Å². The van der Waals surface area contributed by atoms with Gasteiger partial charge in [-0.15, -0.1) is 0 Å². The molecule has 0 saturated carbocycles. The van der Waals surface area contributed by atoms with Gasteiger partial charge < -0.3 is 9.88 Å². The molecule has 1 aromatic heterocycles. The van der Waals surface area contributed by atoms with Crippen LogP contribution in [-0.2, 0) is 6.42 Å². The molecule has 5 rings (SSSR count). The maximum Gasteiger partial charge on any atom is 0.256 e. The topological polar surface area (TPSA) is 36.1 Å². The number of aryl methyl sites for hydroxylation is 1. The van der Waals surface area contributed by atoms with Gasteiger partial charge in [-0.05, 0) is 42.7 Å². The number of nitrogens with zero attached hydrogens (tertiary/aromatic N) is 1. The Kier molecular flexibility index (Phi) is 4.40. The first-order valence-electron chi connectivity index (χ1n) is 9.85. The normalized spacial score (nSPS) is 16.1. The summed E-state index contributed by atoms with van der Waals surface area (Å²) >= 11 is 6.36. The molecule has 0 saturated heterocycles. The molecule has 1 atom stereocenters. The number of carbonyl (C=O) groups is 1. The molecule has 1 aliphatic rings. The number of carbonyl (C=O) groups excluding carboxylic acids is 1. The van der Waals surface area contributed by atoms with Gasteiger partial charge in [0.1, 0.15) is 0 Å². The lowest BCUT2D eigenvalue weighted by Crippen LogP contribution is -2.40. The minimum Gasteiger partial charge on any atom is -0.356 e. The Bertz CT molecular complexity index is 1210.